The number of nitrogen functional groups attached to an aromatic ring is 1. The molecule has 0 aliphatic rings. The van der Waals surface area contributed by atoms with Gasteiger partial charge < -0.3 is 16.4 Å². The van der Waals surface area contributed by atoms with E-state index in [9.17, 15) is 4.79 Å². The van der Waals surface area contributed by atoms with Crippen molar-refractivity contribution in [1.29, 1.82) is 0 Å². The molecule has 6 nitrogen and oxygen atoms in total. The number of aromatic amines is 1. The Labute approximate surface area is 109 Å². The third kappa shape index (κ3) is 3.14. The Balaban J connectivity index is 1.88. The number of carbonyl (C=O) groups is 1. The number of hydrogen-bond acceptors (Lipinski definition) is 3. The van der Waals surface area contributed by atoms with Gasteiger partial charge in [-0.3, -0.25) is 5.10 Å². The van der Waals surface area contributed by atoms with Crippen LogP contribution in [-0.4, -0.2) is 16.2 Å². The lowest BCUT2D eigenvalue weighted by molar-refractivity contribution is 0.252. The van der Waals surface area contributed by atoms with Crippen LogP contribution >= 0.6 is 11.6 Å². The van der Waals surface area contributed by atoms with Gasteiger partial charge in [0.2, 0.25) is 0 Å². The number of aromatic nitrogens is 2. The van der Waals surface area contributed by atoms with Gasteiger partial charge in [-0.25, -0.2) is 4.79 Å². The molecule has 0 unspecified atom stereocenters. The molecule has 0 saturated heterocycles. The quantitative estimate of drug-likeness (QED) is 0.683. The van der Waals surface area contributed by atoms with Gasteiger partial charge in [-0.05, 0) is 18.2 Å². The highest BCUT2D eigenvalue weighted by atomic mass is 35.5. The molecule has 0 saturated carbocycles. The van der Waals surface area contributed by atoms with Gasteiger partial charge in [-0.2, -0.15) is 5.10 Å². The number of benzene rings is 1. The maximum atomic E-state index is 11.6. The molecular formula is C11H12ClN5O. The summed E-state index contributed by atoms with van der Waals surface area (Å²) in [5.41, 5.74) is 6.95. The summed E-state index contributed by atoms with van der Waals surface area (Å²) in [4.78, 5) is 11.6. The predicted molar refractivity (Wildman–Crippen MR) is 70.3 cm³/mol. The normalized spacial score (nSPS) is 10.1. The SMILES string of the molecule is Nc1[nH]ncc1CNC(=O)Nc1cccc(Cl)c1. The Kier molecular flexibility index (Phi) is 3.69. The van der Waals surface area contributed by atoms with E-state index in [0.717, 1.165) is 5.56 Å². The van der Waals surface area contributed by atoms with Gasteiger partial charge in [0.05, 0.1) is 6.20 Å². The second kappa shape index (κ2) is 5.42. The number of hydrogen-bond donors (Lipinski definition) is 4. The molecule has 18 heavy (non-hydrogen) atoms. The average molecular weight is 266 g/mol. The summed E-state index contributed by atoms with van der Waals surface area (Å²) in [6, 6.07) is 6.56. The monoisotopic (exact) mass is 265 g/mol. The number of carbonyl (C=O) groups excluding carboxylic acids is 1. The first-order valence-electron chi connectivity index (χ1n) is 5.23. The Morgan fingerprint density at radius 2 is 2.33 bits per heavy atom. The van der Waals surface area contributed by atoms with Gasteiger partial charge in [0, 0.05) is 22.8 Å². The molecule has 2 rings (SSSR count). The molecule has 94 valence electrons. The number of anilines is 2. The van der Waals surface area contributed by atoms with Gasteiger partial charge in [0.1, 0.15) is 5.82 Å². The Morgan fingerprint density at radius 3 is 3.00 bits per heavy atom. The van der Waals surface area contributed by atoms with Crippen LogP contribution in [0.2, 0.25) is 5.02 Å². The molecule has 7 heteroatoms. The summed E-state index contributed by atoms with van der Waals surface area (Å²) in [5.74, 6) is 0.443. The Bertz CT molecular complexity index is 554. The molecule has 5 N–H and O–H groups in total. The van der Waals surface area contributed by atoms with Crippen LogP contribution in [0.4, 0.5) is 16.3 Å². The molecule has 1 aromatic carbocycles. The summed E-state index contributed by atoms with van der Waals surface area (Å²) in [6.07, 6.45) is 1.56. The van der Waals surface area contributed by atoms with Crippen LogP contribution in [0.3, 0.4) is 0 Å². The van der Waals surface area contributed by atoms with Gasteiger partial charge in [-0.1, -0.05) is 17.7 Å². The molecule has 2 aromatic rings. The lowest BCUT2D eigenvalue weighted by atomic mass is 10.3. The standard InChI is InChI=1S/C11H12ClN5O/c12-8-2-1-3-9(4-8)16-11(18)14-5-7-6-15-17-10(7)13/h1-4,6H,5H2,(H3,13,15,17)(H2,14,16,18). The van der Waals surface area contributed by atoms with Gasteiger partial charge in [-0.15, -0.1) is 0 Å². The summed E-state index contributed by atoms with van der Waals surface area (Å²) in [5, 5.41) is 12.2. The fourth-order valence-electron chi connectivity index (χ4n) is 1.38. The first-order chi connectivity index (χ1) is 8.65. The van der Waals surface area contributed by atoms with E-state index in [4.69, 9.17) is 17.3 Å². The minimum absolute atomic E-state index is 0.300. The largest absolute Gasteiger partial charge is 0.384 e. The van der Waals surface area contributed by atoms with Crippen molar-refractivity contribution in [2.75, 3.05) is 11.1 Å². The van der Waals surface area contributed by atoms with E-state index in [2.05, 4.69) is 20.8 Å². The molecule has 1 heterocycles. The molecule has 0 aliphatic carbocycles. The molecular weight excluding hydrogens is 254 g/mol. The van der Waals surface area contributed by atoms with Crippen molar-refractivity contribution >= 4 is 29.1 Å². The van der Waals surface area contributed by atoms with E-state index < -0.39 is 0 Å². The number of urea groups is 1. The third-order valence-corrected chi connectivity index (χ3v) is 2.51. The Morgan fingerprint density at radius 1 is 1.50 bits per heavy atom. The third-order valence-electron chi connectivity index (χ3n) is 2.27. The van der Waals surface area contributed by atoms with Crippen LogP contribution in [0.5, 0.6) is 0 Å². The summed E-state index contributed by atoms with van der Waals surface area (Å²) >= 11 is 5.81. The molecule has 2 amide bonds. The molecule has 0 fully saturated rings. The first kappa shape index (κ1) is 12.3. The summed E-state index contributed by atoms with van der Waals surface area (Å²) < 4.78 is 0. The average Bonchev–Trinajstić information content (AvgIpc) is 2.72. The highest BCUT2D eigenvalue weighted by molar-refractivity contribution is 6.30. The Hall–Kier alpha value is -2.21. The van der Waals surface area contributed by atoms with Gasteiger partial charge in [0.25, 0.3) is 0 Å². The van der Waals surface area contributed by atoms with Gasteiger partial charge in [0.15, 0.2) is 0 Å². The highest BCUT2D eigenvalue weighted by Crippen LogP contribution is 2.14. The molecule has 0 aliphatic heterocycles. The van der Waals surface area contributed by atoms with E-state index in [-0.39, 0.29) is 6.03 Å². The zero-order valence-electron chi connectivity index (χ0n) is 9.40. The molecule has 0 atom stereocenters. The summed E-state index contributed by atoms with van der Waals surface area (Å²) in [7, 11) is 0. The molecule has 1 aromatic heterocycles. The number of halogens is 1. The van der Waals surface area contributed by atoms with Crippen LogP contribution in [0.25, 0.3) is 0 Å². The van der Waals surface area contributed by atoms with E-state index in [1.54, 1.807) is 30.5 Å². The van der Waals surface area contributed by atoms with Crippen molar-refractivity contribution < 1.29 is 4.79 Å². The lowest BCUT2D eigenvalue weighted by Gasteiger charge is -2.07. The molecule has 0 spiro atoms. The van der Waals surface area contributed by atoms with Crippen molar-refractivity contribution in [3.63, 3.8) is 0 Å². The second-order valence-electron chi connectivity index (χ2n) is 3.63. The highest BCUT2D eigenvalue weighted by Gasteiger charge is 2.05. The van der Waals surface area contributed by atoms with Crippen LogP contribution < -0.4 is 16.4 Å². The first-order valence-corrected chi connectivity index (χ1v) is 5.61. The molecule has 0 bridgehead atoms. The topological polar surface area (TPSA) is 95.8 Å². The smallest absolute Gasteiger partial charge is 0.319 e. The van der Waals surface area contributed by atoms with Crippen molar-refractivity contribution in [1.82, 2.24) is 15.5 Å². The van der Waals surface area contributed by atoms with Gasteiger partial charge >= 0.3 is 6.03 Å². The van der Waals surface area contributed by atoms with Crippen molar-refractivity contribution in [2.45, 2.75) is 6.54 Å². The van der Waals surface area contributed by atoms with E-state index in [1.165, 1.54) is 0 Å². The van der Waals surface area contributed by atoms with E-state index in [0.29, 0.717) is 23.1 Å². The minimum atomic E-state index is -0.335. The summed E-state index contributed by atoms with van der Waals surface area (Å²) in [6.45, 7) is 0.300. The number of nitrogens with zero attached hydrogens (tertiary/aromatic N) is 1. The number of rotatable bonds is 3. The van der Waals surface area contributed by atoms with Crippen molar-refractivity contribution in [2.24, 2.45) is 0 Å². The number of nitrogens with one attached hydrogen (secondary N) is 3. The van der Waals surface area contributed by atoms with E-state index in [1.807, 2.05) is 0 Å². The van der Waals surface area contributed by atoms with Crippen LogP contribution in [0.1, 0.15) is 5.56 Å². The maximum Gasteiger partial charge on any atom is 0.319 e. The van der Waals surface area contributed by atoms with Crippen molar-refractivity contribution in [3.05, 3.63) is 41.0 Å². The van der Waals surface area contributed by atoms with Crippen LogP contribution in [0, 0.1) is 0 Å². The van der Waals surface area contributed by atoms with Crippen LogP contribution in [-0.2, 0) is 6.54 Å². The van der Waals surface area contributed by atoms with E-state index >= 15 is 0 Å². The fourth-order valence-corrected chi connectivity index (χ4v) is 1.57. The van der Waals surface area contributed by atoms with Crippen LogP contribution in [0.15, 0.2) is 30.5 Å². The predicted octanol–water partition coefficient (Wildman–Crippen LogP) is 1.97. The zero-order chi connectivity index (χ0) is 13.0. The number of H-pyrrole nitrogens is 1. The van der Waals surface area contributed by atoms with Crippen molar-refractivity contribution in [3.8, 4) is 0 Å². The second-order valence-corrected chi connectivity index (χ2v) is 4.06. The number of nitrogens with two attached hydrogens (primary N) is 1. The minimum Gasteiger partial charge on any atom is -0.384 e. The molecule has 0 radical (unpaired) electrons. The maximum absolute atomic E-state index is 11.6. The number of amides is 2. The lowest BCUT2D eigenvalue weighted by Crippen LogP contribution is -2.28. The fraction of sp³-hybridized carbons (Fsp3) is 0.0909. The zero-order valence-corrected chi connectivity index (χ0v) is 10.2.